The van der Waals surface area contributed by atoms with Crippen LogP contribution in [0.5, 0.6) is 0 Å². The first-order valence-corrected chi connectivity index (χ1v) is 12.9. The van der Waals surface area contributed by atoms with Crippen LogP contribution < -0.4 is 0 Å². The Labute approximate surface area is 182 Å². The number of carbonyl (C=O) groups is 1. The second kappa shape index (κ2) is 20.5. The molecule has 0 bridgehead atoms. The molecule has 0 saturated heterocycles. The van der Waals surface area contributed by atoms with Gasteiger partial charge in [-0.3, -0.25) is 0 Å². The van der Waals surface area contributed by atoms with E-state index in [4.69, 9.17) is 5.11 Å². The fourth-order valence-electron chi connectivity index (χ4n) is 4.36. The van der Waals surface area contributed by atoms with Gasteiger partial charge in [0.05, 0.1) is 0 Å². The predicted molar refractivity (Wildman–Crippen MR) is 129 cm³/mol. The zero-order chi connectivity index (χ0) is 21.7. The van der Waals surface area contributed by atoms with Gasteiger partial charge >= 0.3 is 5.97 Å². The highest BCUT2D eigenvalue weighted by Crippen LogP contribution is 2.21. The van der Waals surface area contributed by atoms with Gasteiger partial charge in [-0.05, 0) is 25.2 Å². The van der Waals surface area contributed by atoms with Crippen molar-refractivity contribution in [3.05, 3.63) is 11.6 Å². The third-order valence-corrected chi connectivity index (χ3v) is 6.20. The molecule has 1 N–H and O–H groups in total. The zero-order valence-electron chi connectivity index (χ0n) is 20.3. The summed E-state index contributed by atoms with van der Waals surface area (Å²) in [6.07, 6.45) is 27.0. The third-order valence-electron chi connectivity index (χ3n) is 6.20. The average molecular weight is 409 g/mol. The molecule has 2 heteroatoms. The smallest absolute Gasteiger partial charge is 0.330 e. The number of hydrogen-bond acceptors (Lipinski definition) is 1. The first-order valence-electron chi connectivity index (χ1n) is 12.9. The Kier molecular flexibility index (Phi) is 19.9. The van der Waals surface area contributed by atoms with Gasteiger partial charge in [0.15, 0.2) is 0 Å². The topological polar surface area (TPSA) is 37.3 Å². The van der Waals surface area contributed by atoms with Crippen molar-refractivity contribution in [2.24, 2.45) is 11.8 Å². The maximum atomic E-state index is 10.9. The van der Waals surface area contributed by atoms with E-state index in [2.05, 4.69) is 20.8 Å². The highest BCUT2D eigenvalue weighted by atomic mass is 16.4. The first-order chi connectivity index (χ1) is 14.0. The second-order valence-corrected chi connectivity index (χ2v) is 9.56. The molecule has 172 valence electrons. The van der Waals surface area contributed by atoms with E-state index in [9.17, 15) is 4.79 Å². The lowest BCUT2D eigenvalue weighted by atomic mass is 9.91. The van der Waals surface area contributed by atoms with Gasteiger partial charge in [0.1, 0.15) is 0 Å². The molecule has 0 fully saturated rings. The number of unbranched alkanes of at least 4 members (excludes halogenated alkanes) is 15. The Hall–Kier alpha value is -0.790. The van der Waals surface area contributed by atoms with E-state index in [1.807, 2.05) is 6.08 Å². The summed E-state index contributed by atoms with van der Waals surface area (Å²) in [6.45, 7) is 8.43. The molecule has 2 unspecified atom stereocenters. The summed E-state index contributed by atoms with van der Waals surface area (Å²) in [6, 6.07) is 0. The lowest BCUT2D eigenvalue weighted by molar-refractivity contribution is -0.132. The van der Waals surface area contributed by atoms with Crippen molar-refractivity contribution in [2.45, 2.75) is 143 Å². The number of hydrogen-bond donors (Lipinski definition) is 1. The highest BCUT2D eigenvalue weighted by molar-refractivity contribution is 5.85. The Morgan fingerprint density at radius 2 is 1.10 bits per heavy atom. The van der Waals surface area contributed by atoms with Gasteiger partial charge in [0.25, 0.3) is 0 Å². The van der Waals surface area contributed by atoms with Crippen molar-refractivity contribution < 1.29 is 9.90 Å². The SMILES string of the molecule is CCCCCCCCCCCCCCCCCCC(C)CC(C)C=C(C)C(=O)O. The molecule has 2 nitrogen and oxygen atoms in total. The van der Waals surface area contributed by atoms with E-state index in [1.54, 1.807) is 6.92 Å². The van der Waals surface area contributed by atoms with Gasteiger partial charge < -0.3 is 5.11 Å². The third kappa shape index (κ3) is 20.3. The fourth-order valence-corrected chi connectivity index (χ4v) is 4.36. The minimum Gasteiger partial charge on any atom is -0.478 e. The summed E-state index contributed by atoms with van der Waals surface area (Å²) >= 11 is 0. The van der Waals surface area contributed by atoms with Crippen LogP contribution in [0.1, 0.15) is 143 Å². The molecule has 0 amide bonds. The summed E-state index contributed by atoms with van der Waals surface area (Å²) in [5, 5.41) is 8.96. The maximum absolute atomic E-state index is 10.9. The van der Waals surface area contributed by atoms with Crippen LogP contribution in [-0.4, -0.2) is 11.1 Å². The summed E-state index contributed by atoms with van der Waals surface area (Å²) in [7, 11) is 0. The Morgan fingerprint density at radius 3 is 1.48 bits per heavy atom. The monoisotopic (exact) mass is 408 g/mol. The molecule has 0 radical (unpaired) electrons. The first kappa shape index (κ1) is 28.2. The maximum Gasteiger partial charge on any atom is 0.330 e. The standard InChI is InChI=1S/C27H52O2/c1-5-6-7-8-9-10-11-12-13-14-15-16-17-18-19-20-21-24(2)22-25(3)23-26(4)27(28)29/h23-25H,5-22H2,1-4H3,(H,28,29). The summed E-state index contributed by atoms with van der Waals surface area (Å²) in [5.41, 5.74) is 0.479. The van der Waals surface area contributed by atoms with Crippen molar-refractivity contribution in [2.75, 3.05) is 0 Å². The summed E-state index contributed by atoms with van der Waals surface area (Å²) in [4.78, 5) is 10.9. The summed E-state index contributed by atoms with van der Waals surface area (Å²) in [5.74, 6) is 0.263. The molecule has 0 saturated carbocycles. The molecule has 0 aliphatic heterocycles. The lowest BCUT2D eigenvalue weighted by Crippen LogP contribution is -2.04. The van der Waals surface area contributed by atoms with Crippen molar-refractivity contribution >= 4 is 5.97 Å². The van der Waals surface area contributed by atoms with E-state index in [0.717, 1.165) is 6.42 Å². The Balaban J connectivity index is 3.34. The number of carboxylic acid groups (broad SMARTS) is 1. The molecule has 0 aromatic rings. The van der Waals surface area contributed by atoms with E-state index in [0.29, 0.717) is 17.4 Å². The Bertz CT molecular complexity index is 399. The van der Waals surface area contributed by atoms with Gasteiger partial charge in [0.2, 0.25) is 0 Å². The largest absolute Gasteiger partial charge is 0.478 e. The molecule has 0 aliphatic rings. The van der Waals surface area contributed by atoms with Gasteiger partial charge in [0, 0.05) is 5.57 Å². The van der Waals surface area contributed by atoms with E-state index in [1.165, 1.54) is 109 Å². The number of allylic oxidation sites excluding steroid dienone is 1. The molecular formula is C27H52O2. The normalized spacial score (nSPS) is 14.1. The van der Waals surface area contributed by atoms with E-state index in [-0.39, 0.29) is 0 Å². The quantitative estimate of drug-likeness (QED) is 0.152. The van der Waals surface area contributed by atoms with Gasteiger partial charge in [-0.25, -0.2) is 4.79 Å². The van der Waals surface area contributed by atoms with Crippen molar-refractivity contribution in [3.8, 4) is 0 Å². The van der Waals surface area contributed by atoms with Crippen molar-refractivity contribution in [1.82, 2.24) is 0 Å². The van der Waals surface area contributed by atoms with Crippen LogP contribution in [0, 0.1) is 11.8 Å². The molecule has 2 atom stereocenters. The summed E-state index contributed by atoms with van der Waals surface area (Å²) < 4.78 is 0. The molecular weight excluding hydrogens is 356 g/mol. The van der Waals surface area contributed by atoms with Gasteiger partial charge in [-0.2, -0.15) is 0 Å². The van der Waals surface area contributed by atoms with Crippen LogP contribution in [0.3, 0.4) is 0 Å². The minimum atomic E-state index is -0.790. The number of carboxylic acids is 1. The average Bonchev–Trinajstić information content (AvgIpc) is 2.67. The lowest BCUT2D eigenvalue weighted by Gasteiger charge is -2.15. The van der Waals surface area contributed by atoms with E-state index < -0.39 is 5.97 Å². The highest BCUT2D eigenvalue weighted by Gasteiger charge is 2.09. The predicted octanol–water partition coefficient (Wildman–Crippen LogP) is 9.33. The molecule has 29 heavy (non-hydrogen) atoms. The van der Waals surface area contributed by atoms with E-state index >= 15 is 0 Å². The fraction of sp³-hybridized carbons (Fsp3) is 0.889. The number of aliphatic carboxylic acids is 1. The van der Waals surface area contributed by atoms with Gasteiger partial charge in [-0.15, -0.1) is 0 Å². The minimum absolute atomic E-state index is 0.363. The van der Waals surface area contributed by atoms with Crippen LogP contribution in [0.2, 0.25) is 0 Å². The molecule has 0 rings (SSSR count). The molecule has 0 aromatic heterocycles. The van der Waals surface area contributed by atoms with Crippen molar-refractivity contribution in [1.29, 1.82) is 0 Å². The van der Waals surface area contributed by atoms with Crippen LogP contribution in [0.15, 0.2) is 11.6 Å². The molecule has 0 spiro atoms. The van der Waals surface area contributed by atoms with Crippen molar-refractivity contribution in [3.63, 3.8) is 0 Å². The van der Waals surface area contributed by atoms with Gasteiger partial charge in [-0.1, -0.05) is 136 Å². The second-order valence-electron chi connectivity index (χ2n) is 9.56. The van der Waals surface area contributed by atoms with Crippen LogP contribution >= 0.6 is 0 Å². The van der Waals surface area contributed by atoms with Crippen LogP contribution in [-0.2, 0) is 4.79 Å². The number of rotatable bonds is 21. The van der Waals surface area contributed by atoms with Crippen LogP contribution in [0.4, 0.5) is 0 Å². The molecule has 0 aromatic carbocycles. The molecule has 0 heterocycles. The molecule has 0 aliphatic carbocycles. The van der Waals surface area contributed by atoms with Crippen LogP contribution in [0.25, 0.3) is 0 Å². The zero-order valence-corrected chi connectivity index (χ0v) is 20.3. The Morgan fingerprint density at radius 1 is 0.724 bits per heavy atom.